The van der Waals surface area contributed by atoms with E-state index in [9.17, 15) is 9.90 Å². The topological polar surface area (TPSA) is 75.3 Å². The molecule has 0 aliphatic rings. The van der Waals surface area contributed by atoms with Crippen LogP contribution in [0, 0.1) is 5.92 Å². The second kappa shape index (κ2) is 12.9. The van der Waals surface area contributed by atoms with Gasteiger partial charge in [-0.1, -0.05) is 95.6 Å². The predicted octanol–water partition coefficient (Wildman–Crippen LogP) is 5.33. The first-order valence-electron chi connectivity index (χ1n) is 12.5. The summed E-state index contributed by atoms with van der Waals surface area (Å²) >= 11 is 0. The Morgan fingerprint density at radius 1 is 1.03 bits per heavy atom. The molecule has 2 rings (SSSR count). The van der Waals surface area contributed by atoms with E-state index in [1.807, 2.05) is 13.0 Å². The van der Waals surface area contributed by atoms with Crippen molar-refractivity contribution in [2.45, 2.75) is 90.2 Å². The highest BCUT2D eigenvalue weighted by Crippen LogP contribution is 2.29. The highest BCUT2D eigenvalue weighted by Gasteiger charge is 2.25. The van der Waals surface area contributed by atoms with E-state index in [4.69, 9.17) is 5.73 Å². The van der Waals surface area contributed by atoms with Crippen LogP contribution >= 0.6 is 0 Å². The summed E-state index contributed by atoms with van der Waals surface area (Å²) < 4.78 is 0. The highest BCUT2D eigenvalue weighted by atomic mass is 16.3. The second-order valence-electron chi connectivity index (χ2n) is 10.5. The lowest BCUT2D eigenvalue weighted by Gasteiger charge is -2.27. The first kappa shape index (κ1) is 27.1. The Morgan fingerprint density at radius 3 is 2.24 bits per heavy atom. The number of amides is 1. The van der Waals surface area contributed by atoms with Crippen LogP contribution in [0.5, 0.6) is 0 Å². The Labute approximate surface area is 201 Å². The lowest BCUT2D eigenvalue weighted by atomic mass is 9.83. The van der Waals surface area contributed by atoms with E-state index >= 15 is 0 Å². The number of benzene rings is 2. The van der Waals surface area contributed by atoms with Gasteiger partial charge in [0.2, 0.25) is 5.91 Å². The van der Waals surface area contributed by atoms with Crippen LogP contribution in [0.25, 0.3) is 0 Å². The molecule has 4 N–H and O–H groups in total. The number of aliphatic hydroxyl groups excluding tert-OH is 1. The van der Waals surface area contributed by atoms with Crippen LogP contribution in [0.15, 0.2) is 54.6 Å². The smallest absolute Gasteiger partial charge is 0.222 e. The average Bonchev–Trinajstić information content (AvgIpc) is 2.78. The van der Waals surface area contributed by atoms with Crippen molar-refractivity contribution in [3.63, 3.8) is 0 Å². The molecule has 0 aliphatic heterocycles. The average molecular weight is 453 g/mol. The van der Waals surface area contributed by atoms with Gasteiger partial charge in [-0.25, -0.2) is 0 Å². The molecule has 0 saturated carbocycles. The Morgan fingerprint density at radius 2 is 1.67 bits per heavy atom. The van der Waals surface area contributed by atoms with Crippen LogP contribution in [0.4, 0.5) is 0 Å². The molecule has 0 heterocycles. The van der Waals surface area contributed by atoms with Crippen molar-refractivity contribution in [1.29, 1.82) is 0 Å². The van der Waals surface area contributed by atoms with Crippen molar-refractivity contribution in [1.82, 2.24) is 5.32 Å². The summed E-state index contributed by atoms with van der Waals surface area (Å²) in [5.41, 5.74) is 10.4. The number of nitrogens with one attached hydrogen (secondary N) is 1. The number of hydrogen-bond acceptors (Lipinski definition) is 3. The third-order valence-corrected chi connectivity index (χ3v) is 6.50. The molecular formula is C29H44N2O2. The van der Waals surface area contributed by atoms with Gasteiger partial charge in [0.1, 0.15) is 0 Å². The molecule has 4 atom stereocenters. The summed E-state index contributed by atoms with van der Waals surface area (Å²) in [4.78, 5) is 12.3. The molecule has 0 spiro atoms. The van der Waals surface area contributed by atoms with Gasteiger partial charge in [0.15, 0.2) is 0 Å². The Balaban J connectivity index is 2.05. The molecule has 0 aliphatic carbocycles. The molecule has 182 valence electrons. The van der Waals surface area contributed by atoms with Gasteiger partial charge in [0, 0.05) is 18.5 Å². The minimum atomic E-state index is -0.716. The summed E-state index contributed by atoms with van der Waals surface area (Å²) in [6.07, 6.45) is 3.20. The minimum Gasteiger partial charge on any atom is -0.391 e. The van der Waals surface area contributed by atoms with E-state index < -0.39 is 12.1 Å². The number of carbonyl (C=O) groups is 1. The third-order valence-electron chi connectivity index (χ3n) is 6.50. The van der Waals surface area contributed by atoms with Crippen LogP contribution in [0.3, 0.4) is 0 Å². The summed E-state index contributed by atoms with van der Waals surface area (Å²) in [6, 6.07) is 18.8. The Hall–Kier alpha value is -2.17. The number of aliphatic hydroxyl groups is 1. The molecule has 33 heavy (non-hydrogen) atoms. The van der Waals surface area contributed by atoms with Crippen molar-refractivity contribution in [2.75, 3.05) is 6.54 Å². The second-order valence-corrected chi connectivity index (χ2v) is 10.5. The van der Waals surface area contributed by atoms with Gasteiger partial charge in [-0.3, -0.25) is 4.79 Å². The molecule has 4 nitrogen and oxygen atoms in total. The molecule has 0 fully saturated rings. The normalized spacial score (nSPS) is 15.5. The first-order valence-corrected chi connectivity index (χ1v) is 12.5. The fourth-order valence-electron chi connectivity index (χ4n) is 4.18. The van der Waals surface area contributed by atoms with E-state index in [2.05, 4.69) is 81.5 Å². The SMILES string of the molecule is CCCCNC(=O)C(C)C[C@H](O)[C@@H](N)CC(Cc1ccc(C(C)(C)C)cc1)c1ccccc1. The van der Waals surface area contributed by atoms with Crippen LogP contribution in [0.2, 0.25) is 0 Å². The number of unbranched alkanes of at least 4 members (excludes halogenated alkanes) is 1. The van der Waals surface area contributed by atoms with Crippen LogP contribution in [-0.2, 0) is 16.6 Å². The minimum absolute atomic E-state index is 0.00625. The first-order chi connectivity index (χ1) is 15.6. The van der Waals surface area contributed by atoms with Crippen LogP contribution in [0.1, 0.15) is 82.9 Å². The predicted molar refractivity (Wildman–Crippen MR) is 138 cm³/mol. The quantitative estimate of drug-likeness (QED) is 0.381. The molecule has 0 aromatic heterocycles. The van der Waals surface area contributed by atoms with Crippen molar-refractivity contribution in [3.05, 3.63) is 71.3 Å². The summed E-state index contributed by atoms with van der Waals surface area (Å²) in [6.45, 7) is 11.3. The zero-order valence-corrected chi connectivity index (χ0v) is 21.2. The number of nitrogens with two attached hydrogens (primary N) is 1. The molecule has 1 amide bonds. The van der Waals surface area contributed by atoms with Gasteiger partial charge in [-0.15, -0.1) is 0 Å². The van der Waals surface area contributed by atoms with Gasteiger partial charge in [0.25, 0.3) is 0 Å². The van der Waals surface area contributed by atoms with E-state index in [1.54, 1.807) is 0 Å². The summed E-state index contributed by atoms with van der Waals surface area (Å²) in [7, 11) is 0. The van der Waals surface area contributed by atoms with E-state index in [1.165, 1.54) is 16.7 Å². The van der Waals surface area contributed by atoms with Gasteiger partial charge in [0.05, 0.1) is 6.10 Å². The fourth-order valence-corrected chi connectivity index (χ4v) is 4.18. The lowest BCUT2D eigenvalue weighted by Crippen LogP contribution is -2.40. The van der Waals surface area contributed by atoms with Crippen molar-refractivity contribution < 1.29 is 9.90 Å². The zero-order chi connectivity index (χ0) is 24.4. The van der Waals surface area contributed by atoms with Crippen molar-refractivity contribution in [3.8, 4) is 0 Å². The van der Waals surface area contributed by atoms with E-state index in [-0.39, 0.29) is 23.2 Å². The van der Waals surface area contributed by atoms with Gasteiger partial charge in [-0.2, -0.15) is 0 Å². The number of carbonyl (C=O) groups excluding carboxylic acids is 1. The molecular weight excluding hydrogens is 408 g/mol. The van der Waals surface area contributed by atoms with Crippen LogP contribution in [-0.4, -0.2) is 29.7 Å². The number of hydrogen-bond donors (Lipinski definition) is 3. The van der Waals surface area contributed by atoms with Gasteiger partial charge >= 0.3 is 0 Å². The molecule has 2 unspecified atom stereocenters. The molecule has 4 heteroatoms. The summed E-state index contributed by atoms with van der Waals surface area (Å²) in [5.74, 6) is -0.0682. The van der Waals surface area contributed by atoms with Crippen LogP contribution < -0.4 is 11.1 Å². The van der Waals surface area contributed by atoms with Crippen molar-refractivity contribution >= 4 is 5.91 Å². The van der Waals surface area contributed by atoms with E-state index in [0.29, 0.717) is 19.4 Å². The molecule has 0 saturated heterocycles. The maximum absolute atomic E-state index is 12.3. The zero-order valence-electron chi connectivity index (χ0n) is 21.2. The molecule has 0 bridgehead atoms. The standard InChI is InChI=1S/C29H44N2O2/c1-6-7-17-31-28(33)21(2)18-27(32)26(30)20-24(23-11-9-8-10-12-23)19-22-13-15-25(16-14-22)29(3,4)5/h8-16,21,24,26-27,32H,6-7,17-20,30H2,1-5H3,(H,31,33)/t21?,24?,26-,27-/m0/s1. The molecule has 2 aromatic rings. The Kier molecular flexibility index (Phi) is 10.6. The fraction of sp³-hybridized carbons (Fsp3) is 0.552. The monoisotopic (exact) mass is 452 g/mol. The largest absolute Gasteiger partial charge is 0.391 e. The van der Waals surface area contributed by atoms with Crippen molar-refractivity contribution in [2.24, 2.45) is 11.7 Å². The molecule has 0 radical (unpaired) electrons. The lowest BCUT2D eigenvalue weighted by molar-refractivity contribution is -0.125. The Bertz CT molecular complexity index is 827. The maximum atomic E-state index is 12.3. The summed E-state index contributed by atoms with van der Waals surface area (Å²) in [5, 5.41) is 13.7. The maximum Gasteiger partial charge on any atom is 0.222 e. The van der Waals surface area contributed by atoms with Gasteiger partial charge in [-0.05, 0) is 53.7 Å². The number of rotatable bonds is 12. The molecule has 2 aromatic carbocycles. The van der Waals surface area contributed by atoms with Gasteiger partial charge < -0.3 is 16.2 Å². The third kappa shape index (κ3) is 8.94. The highest BCUT2D eigenvalue weighted by molar-refractivity contribution is 5.78. The van der Waals surface area contributed by atoms with E-state index in [0.717, 1.165) is 19.3 Å².